The lowest BCUT2D eigenvalue weighted by Gasteiger charge is -2.28. The number of imidazole rings is 1. The van der Waals surface area contributed by atoms with E-state index in [4.69, 9.17) is 4.98 Å². The molecule has 0 amide bonds. The summed E-state index contributed by atoms with van der Waals surface area (Å²) in [5.41, 5.74) is 4.44. The number of aryl methyl sites for hydroxylation is 2. The van der Waals surface area contributed by atoms with E-state index in [9.17, 15) is 0 Å². The Balaban J connectivity index is 1.75. The van der Waals surface area contributed by atoms with Gasteiger partial charge in [-0.3, -0.25) is 9.30 Å². The van der Waals surface area contributed by atoms with Gasteiger partial charge in [-0.05, 0) is 31.6 Å². The minimum absolute atomic E-state index is 0.747. The van der Waals surface area contributed by atoms with E-state index in [0.29, 0.717) is 0 Å². The summed E-state index contributed by atoms with van der Waals surface area (Å²) in [5, 5.41) is 0. The van der Waals surface area contributed by atoms with Gasteiger partial charge < -0.3 is 0 Å². The molecule has 0 radical (unpaired) electrons. The normalized spacial score (nSPS) is 19.6. The van der Waals surface area contributed by atoms with Crippen LogP contribution in [0, 0.1) is 5.92 Å². The van der Waals surface area contributed by atoms with Crippen LogP contribution in [0.2, 0.25) is 0 Å². The van der Waals surface area contributed by atoms with Crippen molar-refractivity contribution in [1.29, 1.82) is 0 Å². The summed E-state index contributed by atoms with van der Waals surface area (Å²) in [7, 11) is 0. The van der Waals surface area contributed by atoms with Gasteiger partial charge in [0.25, 0.3) is 0 Å². The molecule has 2 aromatic rings. The highest BCUT2D eigenvalue weighted by Crippen LogP contribution is 2.33. The van der Waals surface area contributed by atoms with Crippen LogP contribution in [0.5, 0.6) is 0 Å². The lowest BCUT2D eigenvalue weighted by molar-refractivity contribution is 0.222. The van der Waals surface area contributed by atoms with E-state index in [1.165, 1.54) is 55.1 Å². The van der Waals surface area contributed by atoms with Gasteiger partial charge in [0.2, 0.25) is 0 Å². The standard InChI is InChI=1S/C16H23N3S/c1-11(2)9-18-8-7-12-14(10-18)19-13-5-3-4-6-15(13)20-16(19)17-12/h11H,3-10H2,1-2H3. The Hall–Kier alpha value is -0.870. The summed E-state index contributed by atoms with van der Waals surface area (Å²) in [5.74, 6) is 0.747. The molecule has 0 spiro atoms. The summed E-state index contributed by atoms with van der Waals surface area (Å²) in [4.78, 5) is 10.4. The topological polar surface area (TPSA) is 20.5 Å². The number of thiazole rings is 1. The Kier molecular flexibility index (Phi) is 3.11. The van der Waals surface area contributed by atoms with Gasteiger partial charge in [-0.1, -0.05) is 13.8 Å². The van der Waals surface area contributed by atoms with Crippen LogP contribution in [0.3, 0.4) is 0 Å². The molecule has 0 unspecified atom stereocenters. The first kappa shape index (κ1) is 12.8. The van der Waals surface area contributed by atoms with Crippen molar-refractivity contribution in [3.8, 4) is 0 Å². The van der Waals surface area contributed by atoms with Crippen molar-refractivity contribution in [2.24, 2.45) is 5.92 Å². The minimum Gasteiger partial charge on any atom is -0.297 e. The van der Waals surface area contributed by atoms with Crippen molar-refractivity contribution in [1.82, 2.24) is 14.3 Å². The lowest BCUT2D eigenvalue weighted by Crippen LogP contribution is -2.34. The van der Waals surface area contributed by atoms with Crippen LogP contribution in [-0.2, 0) is 25.8 Å². The van der Waals surface area contributed by atoms with Crippen LogP contribution in [0.15, 0.2) is 0 Å². The first-order chi connectivity index (χ1) is 9.72. The van der Waals surface area contributed by atoms with Crippen LogP contribution in [0.4, 0.5) is 0 Å². The van der Waals surface area contributed by atoms with Gasteiger partial charge in [-0.2, -0.15) is 0 Å². The van der Waals surface area contributed by atoms with E-state index < -0.39 is 0 Å². The van der Waals surface area contributed by atoms with Gasteiger partial charge in [0.1, 0.15) is 0 Å². The molecule has 0 bridgehead atoms. The Morgan fingerprint density at radius 2 is 2.00 bits per heavy atom. The minimum atomic E-state index is 0.747. The third kappa shape index (κ3) is 2.01. The maximum atomic E-state index is 4.93. The summed E-state index contributed by atoms with van der Waals surface area (Å²) < 4.78 is 2.51. The van der Waals surface area contributed by atoms with Crippen LogP contribution in [-0.4, -0.2) is 27.4 Å². The van der Waals surface area contributed by atoms with E-state index in [1.807, 2.05) is 11.3 Å². The molecule has 0 saturated heterocycles. The maximum Gasteiger partial charge on any atom is 0.194 e. The number of rotatable bonds is 2. The fourth-order valence-electron chi connectivity index (χ4n) is 3.73. The second-order valence-electron chi connectivity index (χ2n) is 6.68. The van der Waals surface area contributed by atoms with Crippen LogP contribution in [0.1, 0.15) is 48.6 Å². The molecular formula is C16H23N3S. The van der Waals surface area contributed by atoms with Crippen LogP contribution < -0.4 is 0 Å². The highest BCUT2D eigenvalue weighted by molar-refractivity contribution is 7.17. The summed E-state index contributed by atoms with van der Waals surface area (Å²) in [6, 6.07) is 0. The van der Waals surface area contributed by atoms with E-state index in [-0.39, 0.29) is 0 Å². The summed E-state index contributed by atoms with van der Waals surface area (Å²) in [6.45, 7) is 8.11. The van der Waals surface area contributed by atoms with Gasteiger partial charge in [0, 0.05) is 36.6 Å². The summed E-state index contributed by atoms with van der Waals surface area (Å²) in [6.07, 6.45) is 6.36. The molecule has 4 heteroatoms. The Morgan fingerprint density at radius 3 is 2.85 bits per heavy atom. The molecule has 1 aliphatic carbocycles. The second-order valence-corrected chi connectivity index (χ2v) is 7.74. The SMILES string of the molecule is CC(C)CN1CCc2nc3sc4c(n3c2C1)CCCC4. The molecule has 0 aromatic carbocycles. The number of hydrogen-bond donors (Lipinski definition) is 0. The molecule has 2 aromatic heterocycles. The third-order valence-electron chi connectivity index (χ3n) is 4.56. The Labute approximate surface area is 124 Å². The molecule has 0 saturated carbocycles. The number of hydrogen-bond acceptors (Lipinski definition) is 3. The van der Waals surface area contributed by atoms with Crippen molar-refractivity contribution >= 4 is 16.3 Å². The average Bonchev–Trinajstić information content (AvgIpc) is 2.93. The monoisotopic (exact) mass is 289 g/mol. The first-order valence-corrected chi connectivity index (χ1v) is 8.77. The van der Waals surface area contributed by atoms with Crippen molar-refractivity contribution in [3.05, 3.63) is 22.0 Å². The maximum absolute atomic E-state index is 4.93. The van der Waals surface area contributed by atoms with Crippen molar-refractivity contribution in [3.63, 3.8) is 0 Å². The molecule has 4 rings (SSSR count). The smallest absolute Gasteiger partial charge is 0.194 e. The van der Waals surface area contributed by atoms with Crippen molar-refractivity contribution in [2.45, 2.75) is 52.5 Å². The molecule has 0 fully saturated rings. The fraction of sp³-hybridized carbons (Fsp3) is 0.688. The summed E-state index contributed by atoms with van der Waals surface area (Å²) >= 11 is 1.94. The Bertz CT molecular complexity index is 638. The molecule has 3 heterocycles. The van der Waals surface area contributed by atoms with Crippen molar-refractivity contribution < 1.29 is 0 Å². The molecule has 108 valence electrons. The van der Waals surface area contributed by atoms with Gasteiger partial charge in [0.15, 0.2) is 4.96 Å². The highest BCUT2D eigenvalue weighted by Gasteiger charge is 2.26. The predicted octanol–water partition coefficient (Wildman–Crippen LogP) is 3.29. The predicted molar refractivity (Wildman–Crippen MR) is 83.5 cm³/mol. The third-order valence-corrected chi connectivity index (χ3v) is 5.70. The number of fused-ring (bicyclic) bond motifs is 5. The zero-order valence-corrected chi connectivity index (χ0v) is 13.3. The van der Waals surface area contributed by atoms with Crippen LogP contribution in [0.25, 0.3) is 4.96 Å². The molecule has 3 nitrogen and oxygen atoms in total. The Morgan fingerprint density at radius 1 is 1.15 bits per heavy atom. The van der Waals surface area contributed by atoms with Gasteiger partial charge >= 0.3 is 0 Å². The first-order valence-electron chi connectivity index (χ1n) is 7.95. The van der Waals surface area contributed by atoms with Gasteiger partial charge in [-0.15, -0.1) is 11.3 Å². The molecule has 20 heavy (non-hydrogen) atoms. The van der Waals surface area contributed by atoms with E-state index in [1.54, 1.807) is 10.6 Å². The zero-order chi connectivity index (χ0) is 13.7. The quantitative estimate of drug-likeness (QED) is 0.845. The lowest BCUT2D eigenvalue weighted by atomic mass is 10.0. The number of nitrogens with zero attached hydrogens (tertiary/aromatic N) is 3. The van der Waals surface area contributed by atoms with E-state index >= 15 is 0 Å². The molecule has 1 aliphatic heterocycles. The van der Waals surface area contributed by atoms with Gasteiger partial charge in [0.05, 0.1) is 11.4 Å². The molecule has 0 N–H and O–H groups in total. The zero-order valence-electron chi connectivity index (χ0n) is 12.5. The van der Waals surface area contributed by atoms with E-state index in [2.05, 4.69) is 23.1 Å². The number of aromatic nitrogens is 2. The van der Waals surface area contributed by atoms with Crippen LogP contribution >= 0.6 is 11.3 Å². The molecule has 2 aliphatic rings. The molecular weight excluding hydrogens is 266 g/mol. The molecule has 0 atom stereocenters. The van der Waals surface area contributed by atoms with E-state index in [0.717, 1.165) is 18.9 Å². The van der Waals surface area contributed by atoms with Gasteiger partial charge in [-0.25, -0.2) is 4.98 Å². The van der Waals surface area contributed by atoms with Crippen molar-refractivity contribution in [2.75, 3.05) is 13.1 Å². The average molecular weight is 289 g/mol. The largest absolute Gasteiger partial charge is 0.297 e. The second kappa shape index (κ2) is 4.85. The highest BCUT2D eigenvalue weighted by atomic mass is 32.1. The fourth-order valence-corrected chi connectivity index (χ4v) is 4.97.